The molecule has 0 radical (unpaired) electrons. The van der Waals surface area contributed by atoms with Gasteiger partial charge in [-0.2, -0.15) is 0 Å². The fraction of sp³-hybridized carbons (Fsp3) is 0.729. The molecule has 0 rings (SSSR count). The van der Waals surface area contributed by atoms with E-state index in [-0.39, 0.29) is 31.1 Å². The quantitative estimate of drug-likeness (QED) is 0.0204. The molecule has 0 aromatic carbocycles. The van der Waals surface area contributed by atoms with E-state index in [9.17, 15) is 14.4 Å². The van der Waals surface area contributed by atoms with Crippen LogP contribution in [0.3, 0.4) is 0 Å². The lowest BCUT2D eigenvalue weighted by atomic mass is 10.1. The van der Waals surface area contributed by atoms with Crippen molar-refractivity contribution < 1.29 is 28.6 Å². The van der Waals surface area contributed by atoms with Gasteiger partial charge in [0.2, 0.25) is 0 Å². The van der Waals surface area contributed by atoms with Gasteiger partial charge in [0, 0.05) is 19.3 Å². The van der Waals surface area contributed by atoms with Crippen molar-refractivity contribution in [2.75, 3.05) is 13.2 Å². The lowest BCUT2D eigenvalue weighted by molar-refractivity contribution is -0.167. The minimum Gasteiger partial charge on any atom is -0.462 e. The lowest BCUT2D eigenvalue weighted by Crippen LogP contribution is -2.30. The summed E-state index contributed by atoms with van der Waals surface area (Å²) in [5.74, 6) is -0.955. The SMILES string of the molecule is CC\C=C/C=C\C=C/CCCCCCCCCC(=O)OCC(COC(=O)CCC/C=C\CCCCCC)OC(=O)CCCCCCC/C=C\CCCCC. The summed E-state index contributed by atoms with van der Waals surface area (Å²) in [6, 6.07) is 0. The number of carbonyl (C=O) groups excluding carboxylic acids is 3. The second-order valence-electron chi connectivity index (χ2n) is 14.6. The van der Waals surface area contributed by atoms with Crippen molar-refractivity contribution in [3.8, 4) is 0 Å². The molecule has 0 N–H and O–H groups in total. The first-order valence-corrected chi connectivity index (χ1v) is 22.3. The molecule has 54 heavy (non-hydrogen) atoms. The Morgan fingerprint density at radius 2 is 0.759 bits per heavy atom. The zero-order valence-corrected chi connectivity index (χ0v) is 35.2. The summed E-state index contributed by atoms with van der Waals surface area (Å²) in [5, 5.41) is 0. The number of ether oxygens (including phenoxy) is 3. The third kappa shape index (κ3) is 40.3. The number of esters is 3. The molecular weight excluding hydrogens is 673 g/mol. The molecule has 0 saturated carbocycles. The molecule has 0 aliphatic heterocycles. The summed E-state index contributed by atoms with van der Waals surface area (Å²) in [6.45, 7) is 6.39. The zero-order valence-electron chi connectivity index (χ0n) is 35.2. The Balaban J connectivity index is 4.41. The highest BCUT2D eigenvalue weighted by atomic mass is 16.6. The van der Waals surface area contributed by atoms with E-state index in [1.54, 1.807) is 0 Å². The fourth-order valence-electron chi connectivity index (χ4n) is 5.91. The van der Waals surface area contributed by atoms with Crippen molar-refractivity contribution in [2.45, 2.75) is 213 Å². The summed E-state index contributed by atoms with van der Waals surface area (Å²) >= 11 is 0. The summed E-state index contributed by atoms with van der Waals surface area (Å²) in [7, 11) is 0. The highest BCUT2D eigenvalue weighted by molar-refractivity contribution is 5.71. The topological polar surface area (TPSA) is 78.9 Å². The predicted octanol–water partition coefficient (Wildman–Crippen LogP) is 14.1. The molecule has 0 aromatic rings. The van der Waals surface area contributed by atoms with Crippen LogP contribution < -0.4 is 0 Å². The summed E-state index contributed by atoms with van der Waals surface area (Å²) < 4.78 is 16.6. The Labute approximate surface area is 332 Å². The highest BCUT2D eigenvalue weighted by Crippen LogP contribution is 2.13. The van der Waals surface area contributed by atoms with Gasteiger partial charge in [0.05, 0.1) is 0 Å². The minimum absolute atomic E-state index is 0.0930. The second-order valence-corrected chi connectivity index (χ2v) is 14.6. The third-order valence-corrected chi connectivity index (χ3v) is 9.29. The molecule has 0 aliphatic rings. The van der Waals surface area contributed by atoms with Crippen molar-refractivity contribution in [2.24, 2.45) is 0 Å². The predicted molar refractivity (Wildman–Crippen MR) is 228 cm³/mol. The van der Waals surface area contributed by atoms with Crippen LogP contribution in [0.4, 0.5) is 0 Å². The van der Waals surface area contributed by atoms with E-state index in [0.29, 0.717) is 25.7 Å². The average molecular weight is 755 g/mol. The molecule has 1 unspecified atom stereocenters. The van der Waals surface area contributed by atoms with Crippen molar-refractivity contribution >= 4 is 17.9 Å². The summed E-state index contributed by atoms with van der Waals surface area (Å²) in [4.78, 5) is 37.6. The smallest absolute Gasteiger partial charge is 0.306 e. The molecule has 310 valence electrons. The van der Waals surface area contributed by atoms with Crippen LogP contribution in [0.5, 0.6) is 0 Å². The molecule has 6 heteroatoms. The molecule has 0 spiro atoms. The van der Waals surface area contributed by atoms with Crippen molar-refractivity contribution in [3.05, 3.63) is 60.8 Å². The lowest BCUT2D eigenvalue weighted by Gasteiger charge is -2.18. The van der Waals surface area contributed by atoms with E-state index in [1.807, 2.05) is 0 Å². The standard InChI is InChI=1S/C48H82O6/c1-4-7-10-13-16-19-21-23-24-25-27-29-32-35-38-41-47(50)53-44-45(43-52-46(49)40-37-34-31-28-18-15-12-9-6-3)54-48(51)42-39-36-33-30-26-22-20-17-14-11-8-5-2/h7,10,13,16-17,19-21,28,31,45H,4-6,8-9,11-12,14-15,18,22-27,29-30,32-44H2,1-3H3/b10-7-,16-13-,20-17-,21-19-,31-28-. The van der Waals surface area contributed by atoms with Crippen LogP contribution in [0, 0.1) is 0 Å². The molecule has 0 aromatic heterocycles. The van der Waals surface area contributed by atoms with Crippen LogP contribution in [-0.2, 0) is 28.6 Å². The van der Waals surface area contributed by atoms with Crippen molar-refractivity contribution in [1.82, 2.24) is 0 Å². The Hall–Kier alpha value is -2.89. The number of unbranched alkanes of at least 4 members (excludes halogenated alkanes) is 20. The normalized spacial score (nSPS) is 12.6. The van der Waals surface area contributed by atoms with Gasteiger partial charge in [-0.3, -0.25) is 14.4 Å². The van der Waals surface area contributed by atoms with Gasteiger partial charge >= 0.3 is 17.9 Å². The summed E-state index contributed by atoms with van der Waals surface area (Å²) in [5.41, 5.74) is 0. The highest BCUT2D eigenvalue weighted by Gasteiger charge is 2.19. The Morgan fingerprint density at radius 1 is 0.389 bits per heavy atom. The van der Waals surface area contributed by atoms with E-state index in [4.69, 9.17) is 14.2 Å². The monoisotopic (exact) mass is 755 g/mol. The minimum atomic E-state index is -0.790. The molecule has 1 atom stereocenters. The first-order valence-electron chi connectivity index (χ1n) is 22.3. The van der Waals surface area contributed by atoms with Crippen LogP contribution >= 0.6 is 0 Å². The van der Waals surface area contributed by atoms with Gasteiger partial charge in [-0.15, -0.1) is 0 Å². The molecule has 0 fully saturated rings. The van der Waals surface area contributed by atoms with Gasteiger partial charge < -0.3 is 14.2 Å². The Morgan fingerprint density at radius 3 is 1.28 bits per heavy atom. The van der Waals surface area contributed by atoms with E-state index in [1.165, 1.54) is 83.5 Å². The molecule has 0 aliphatic carbocycles. The zero-order chi connectivity index (χ0) is 39.4. The van der Waals surface area contributed by atoms with Crippen LogP contribution in [0.15, 0.2) is 60.8 Å². The molecule has 0 amide bonds. The van der Waals surface area contributed by atoms with E-state index in [0.717, 1.165) is 77.0 Å². The van der Waals surface area contributed by atoms with Crippen LogP contribution in [0.2, 0.25) is 0 Å². The third-order valence-electron chi connectivity index (χ3n) is 9.29. The molecule has 0 bridgehead atoms. The van der Waals surface area contributed by atoms with E-state index in [2.05, 4.69) is 81.5 Å². The largest absolute Gasteiger partial charge is 0.462 e. The number of carbonyl (C=O) groups is 3. The number of rotatable bonds is 39. The maximum atomic E-state index is 12.7. The van der Waals surface area contributed by atoms with Gasteiger partial charge in [0.25, 0.3) is 0 Å². The number of hydrogen-bond donors (Lipinski definition) is 0. The van der Waals surface area contributed by atoms with Gasteiger partial charge in [0.1, 0.15) is 13.2 Å². The van der Waals surface area contributed by atoms with E-state index >= 15 is 0 Å². The van der Waals surface area contributed by atoms with Crippen LogP contribution in [0.25, 0.3) is 0 Å². The summed E-state index contributed by atoms with van der Waals surface area (Å²) in [6.07, 6.45) is 50.7. The van der Waals surface area contributed by atoms with Gasteiger partial charge in [-0.1, -0.05) is 165 Å². The second kappa shape index (κ2) is 42.8. The molecule has 0 heterocycles. The number of hydrogen-bond acceptors (Lipinski definition) is 6. The molecule has 0 saturated heterocycles. The Kier molecular flexibility index (Phi) is 40.6. The van der Waals surface area contributed by atoms with Crippen molar-refractivity contribution in [3.63, 3.8) is 0 Å². The van der Waals surface area contributed by atoms with Crippen molar-refractivity contribution in [1.29, 1.82) is 0 Å². The van der Waals surface area contributed by atoms with Crippen LogP contribution in [-0.4, -0.2) is 37.2 Å². The average Bonchev–Trinajstić information content (AvgIpc) is 3.17. The number of allylic oxidation sites excluding steroid dienone is 10. The maximum absolute atomic E-state index is 12.7. The molecule has 6 nitrogen and oxygen atoms in total. The van der Waals surface area contributed by atoms with Crippen LogP contribution in [0.1, 0.15) is 207 Å². The molecular formula is C48H82O6. The first kappa shape index (κ1) is 51.1. The van der Waals surface area contributed by atoms with Gasteiger partial charge in [-0.25, -0.2) is 0 Å². The Bertz CT molecular complexity index is 1010. The fourth-order valence-corrected chi connectivity index (χ4v) is 5.91. The van der Waals surface area contributed by atoms with Gasteiger partial charge in [0.15, 0.2) is 6.10 Å². The first-order chi connectivity index (χ1) is 26.5. The van der Waals surface area contributed by atoms with Gasteiger partial charge in [-0.05, 0) is 83.5 Å². The maximum Gasteiger partial charge on any atom is 0.306 e. The van der Waals surface area contributed by atoms with E-state index < -0.39 is 6.10 Å².